The quantitative estimate of drug-likeness (QED) is 0.710. The number of aromatic nitrogens is 1. The highest BCUT2D eigenvalue weighted by atomic mass is 35.5. The number of hydrogen-bond donors (Lipinski definition) is 3. The van der Waals surface area contributed by atoms with E-state index in [1.54, 1.807) is 0 Å². The minimum Gasteiger partial charge on any atom is -0.467 e. The predicted octanol–water partition coefficient (Wildman–Crippen LogP) is 0.749. The van der Waals surface area contributed by atoms with Crippen molar-refractivity contribution in [1.29, 1.82) is 0 Å². The summed E-state index contributed by atoms with van der Waals surface area (Å²) in [4.78, 5) is 26.2. The fourth-order valence-corrected chi connectivity index (χ4v) is 2.11. The third kappa shape index (κ3) is 3.96. The van der Waals surface area contributed by atoms with Crippen molar-refractivity contribution in [2.45, 2.75) is 12.5 Å². The van der Waals surface area contributed by atoms with E-state index in [0.717, 1.165) is 16.5 Å². The Hall–Kier alpha value is -2.05. The smallest absolute Gasteiger partial charge is 0.328 e. The van der Waals surface area contributed by atoms with Crippen molar-refractivity contribution in [3.8, 4) is 0 Å². The van der Waals surface area contributed by atoms with Gasteiger partial charge in [-0.2, -0.15) is 0 Å². The molecule has 21 heavy (non-hydrogen) atoms. The van der Waals surface area contributed by atoms with Gasteiger partial charge in [-0.05, 0) is 11.6 Å². The second-order valence-electron chi connectivity index (χ2n) is 4.41. The van der Waals surface area contributed by atoms with Crippen molar-refractivity contribution < 1.29 is 14.3 Å². The first-order valence-electron chi connectivity index (χ1n) is 6.28. The van der Waals surface area contributed by atoms with Crippen LogP contribution in [-0.2, 0) is 20.7 Å². The number of carbonyl (C=O) groups excluding carboxylic acids is 2. The summed E-state index contributed by atoms with van der Waals surface area (Å²) in [7, 11) is 1.29. The van der Waals surface area contributed by atoms with E-state index in [0.29, 0.717) is 6.42 Å². The van der Waals surface area contributed by atoms with E-state index in [1.807, 2.05) is 30.5 Å². The number of fused-ring (bicyclic) bond motifs is 1. The van der Waals surface area contributed by atoms with Crippen LogP contribution in [0.3, 0.4) is 0 Å². The molecule has 0 saturated heterocycles. The molecular formula is C14H18ClN3O3. The Kier molecular flexibility index (Phi) is 6.20. The highest BCUT2D eigenvalue weighted by molar-refractivity contribution is 5.87. The van der Waals surface area contributed by atoms with E-state index in [-0.39, 0.29) is 24.9 Å². The molecule has 0 fully saturated rings. The summed E-state index contributed by atoms with van der Waals surface area (Å²) in [6.07, 6.45) is 2.18. The molecule has 0 aliphatic heterocycles. The van der Waals surface area contributed by atoms with Crippen LogP contribution in [0, 0.1) is 0 Å². The zero-order valence-electron chi connectivity index (χ0n) is 11.6. The van der Waals surface area contributed by atoms with E-state index in [1.165, 1.54) is 7.11 Å². The number of methoxy groups -OCH3 is 1. The lowest BCUT2D eigenvalue weighted by Gasteiger charge is -2.15. The highest BCUT2D eigenvalue weighted by Gasteiger charge is 2.22. The Bertz CT molecular complexity index is 627. The number of hydrogen-bond acceptors (Lipinski definition) is 4. The van der Waals surface area contributed by atoms with Gasteiger partial charge in [0.1, 0.15) is 6.04 Å². The molecule has 114 valence electrons. The molecule has 7 heteroatoms. The molecule has 0 bridgehead atoms. The van der Waals surface area contributed by atoms with Gasteiger partial charge in [-0.3, -0.25) is 4.79 Å². The van der Waals surface area contributed by atoms with Crippen molar-refractivity contribution in [1.82, 2.24) is 10.3 Å². The van der Waals surface area contributed by atoms with Crippen LogP contribution >= 0.6 is 12.4 Å². The molecule has 1 aromatic heterocycles. The molecule has 2 rings (SSSR count). The normalized spacial score (nSPS) is 11.5. The average Bonchev–Trinajstić information content (AvgIpc) is 2.89. The van der Waals surface area contributed by atoms with Crippen LogP contribution in [0.15, 0.2) is 30.5 Å². The van der Waals surface area contributed by atoms with Crippen LogP contribution < -0.4 is 11.1 Å². The third-order valence-corrected chi connectivity index (χ3v) is 3.11. The number of carbonyl (C=O) groups is 2. The monoisotopic (exact) mass is 311 g/mol. The molecule has 6 nitrogen and oxygen atoms in total. The van der Waals surface area contributed by atoms with Gasteiger partial charge in [-0.15, -0.1) is 12.4 Å². The van der Waals surface area contributed by atoms with Crippen LogP contribution in [0.4, 0.5) is 0 Å². The van der Waals surface area contributed by atoms with Gasteiger partial charge >= 0.3 is 5.97 Å². The largest absolute Gasteiger partial charge is 0.467 e. The maximum atomic E-state index is 11.7. The van der Waals surface area contributed by atoms with Crippen molar-refractivity contribution in [3.05, 3.63) is 36.0 Å². The van der Waals surface area contributed by atoms with E-state index < -0.39 is 12.0 Å². The molecule has 4 N–H and O–H groups in total. The van der Waals surface area contributed by atoms with Gasteiger partial charge in [0.15, 0.2) is 0 Å². The van der Waals surface area contributed by atoms with Crippen LogP contribution in [-0.4, -0.2) is 36.6 Å². The van der Waals surface area contributed by atoms with Crippen LogP contribution in [0.2, 0.25) is 0 Å². The number of benzene rings is 1. The maximum Gasteiger partial charge on any atom is 0.328 e. The lowest BCUT2D eigenvalue weighted by atomic mass is 10.0. The second-order valence-corrected chi connectivity index (χ2v) is 4.41. The van der Waals surface area contributed by atoms with Gasteiger partial charge in [-0.25, -0.2) is 4.79 Å². The maximum absolute atomic E-state index is 11.7. The number of amides is 1. The van der Waals surface area contributed by atoms with Crippen LogP contribution in [0.25, 0.3) is 10.9 Å². The molecule has 0 aliphatic carbocycles. The summed E-state index contributed by atoms with van der Waals surface area (Å²) in [5.41, 5.74) is 7.18. The molecule has 0 spiro atoms. The SMILES string of the molecule is COC(=O)C(Cc1c[nH]c2ccccc12)NC(=O)CN.Cl. The van der Waals surface area contributed by atoms with E-state index in [9.17, 15) is 9.59 Å². The van der Waals surface area contributed by atoms with Crippen molar-refractivity contribution in [2.24, 2.45) is 5.73 Å². The summed E-state index contributed by atoms with van der Waals surface area (Å²) in [6.45, 7) is -0.165. The Morgan fingerprint density at radius 2 is 2.10 bits per heavy atom. The van der Waals surface area contributed by atoms with Crippen LogP contribution in [0.5, 0.6) is 0 Å². The molecule has 0 aliphatic rings. The average molecular weight is 312 g/mol. The molecule has 1 atom stereocenters. The summed E-state index contributed by atoms with van der Waals surface area (Å²) >= 11 is 0. The minimum atomic E-state index is -0.741. The highest BCUT2D eigenvalue weighted by Crippen LogP contribution is 2.19. The molecule has 1 unspecified atom stereocenters. The number of nitrogens with two attached hydrogens (primary N) is 1. The van der Waals surface area contributed by atoms with Gasteiger partial charge < -0.3 is 20.8 Å². The molecule has 1 aromatic carbocycles. The lowest BCUT2D eigenvalue weighted by molar-refractivity contribution is -0.144. The zero-order chi connectivity index (χ0) is 14.5. The number of nitrogens with one attached hydrogen (secondary N) is 2. The molecule has 0 saturated carbocycles. The summed E-state index contributed by atoms with van der Waals surface area (Å²) in [5, 5.41) is 3.59. The number of rotatable bonds is 5. The first-order chi connectivity index (χ1) is 9.65. The number of aromatic amines is 1. The van der Waals surface area contributed by atoms with Crippen molar-refractivity contribution in [2.75, 3.05) is 13.7 Å². The number of ether oxygens (including phenoxy) is 1. The first kappa shape index (κ1) is 17.0. The van der Waals surface area contributed by atoms with Gasteiger partial charge in [0, 0.05) is 23.5 Å². The van der Waals surface area contributed by atoms with E-state index in [4.69, 9.17) is 10.5 Å². The topological polar surface area (TPSA) is 97.2 Å². The fraction of sp³-hybridized carbons (Fsp3) is 0.286. The van der Waals surface area contributed by atoms with Gasteiger partial charge in [-0.1, -0.05) is 18.2 Å². The molecule has 1 amide bonds. The third-order valence-electron chi connectivity index (χ3n) is 3.11. The second kappa shape index (κ2) is 7.66. The molecular weight excluding hydrogens is 294 g/mol. The summed E-state index contributed by atoms with van der Waals surface area (Å²) < 4.78 is 4.71. The Morgan fingerprint density at radius 3 is 2.76 bits per heavy atom. The van der Waals surface area contributed by atoms with Crippen molar-refractivity contribution >= 4 is 35.2 Å². The van der Waals surface area contributed by atoms with Crippen molar-refractivity contribution in [3.63, 3.8) is 0 Å². The van der Waals surface area contributed by atoms with Gasteiger partial charge in [0.05, 0.1) is 13.7 Å². The Balaban J connectivity index is 0.00000220. The number of esters is 1. The Morgan fingerprint density at radius 1 is 1.38 bits per heavy atom. The number of halogens is 1. The first-order valence-corrected chi connectivity index (χ1v) is 6.28. The number of para-hydroxylation sites is 1. The van der Waals surface area contributed by atoms with Gasteiger partial charge in [0.25, 0.3) is 0 Å². The van der Waals surface area contributed by atoms with E-state index >= 15 is 0 Å². The minimum absolute atomic E-state index is 0. The zero-order valence-corrected chi connectivity index (χ0v) is 12.4. The molecule has 1 heterocycles. The lowest BCUT2D eigenvalue weighted by Crippen LogP contribution is -2.45. The summed E-state index contributed by atoms with van der Waals surface area (Å²) in [5.74, 6) is -0.877. The van der Waals surface area contributed by atoms with Crippen LogP contribution in [0.1, 0.15) is 5.56 Å². The fourth-order valence-electron chi connectivity index (χ4n) is 2.11. The molecule has 0 radical (unpaired) electrons. The van der Waals surface area contributed by atoms with E-state index in [2.05, 4.69) is 10.3 Å². The summed E-state index contributed by atoms with van der Waals surface area (Å²) in [6, 6.07) is 7.02. The predicted molar refractivity (Wildman–Crippen MR) is 82.3 cm³/mol. The molecule has 2 aromatic rings. The Labute approximate surface area is 128 Å². The standard InChI is InChI=1S/C14H17N3O3.ClH/c1-20-14(19)12(17-13(18)7-15)6-9-8-16-11-5-3-2-4-10(9)11;/h2-5,8,12,16H,6-7,15H2,1H3,(H,17,18);1H. The number of H-pyrrole nitrogens is 1. The van der Waals surface area contributed by atoms with Gasteiger partial charge in [0.2, 0.25) is 5.91 Å².